The van der Waals surface area contributed by atoms with Gasteiger partial charge in [-0.3, -0.25) is 9.52 Å². The summed E-state index contributed by atoms with van der Waals surface area (Å²) in [5, 5.41) is 5.73. The molecule has 4 rings (SSSR count). The topological polar surface area (TPSA) is 132 Å². The Bertz CT molecular complexity index is 1490. The summed E-state index contributed by atoms with van der Waals surface area (Å²) < 4.78 is 38.1. The molecule has 0 saturated carbocycles. The number of methoxy groups -OCH3 is 2. The first-order valence-corrected chi connectivity index (χ1v) is 13.5. The lowest BCUT2D eigenvalue weighted by Gasteiger charge is -2.18. The molecule has 10 nitrogen and oxygen atoms in total. The first-order valence-electron chi connectivity index (χ1n) is 11.6. The van der Waals surface area contributed by atoms with Gasteiger partial charge in [0.2, 0.25) is 11.8 Å². The molecule has 0 bridgehead atoms. The van der Waals surface area contributed by atoms with Crippen LogP contribution in [-0.4, -0.2) is 43.6 Å². The third-order valence-electron chi connectivity index (χ3n) is 5.50. The number of anilines is 2. The molecule has 4 aromatic rings. The van der Waals surface area contributed by atoms with Gasteiger partial charge in [-0.25, -0.2) is 8.42 Å². The van der Waals surface area contributed by atoms with Crippen LogP contribution >= 0.6 is 12.2 Å². The fourth-order valence-corrected chi connectivity index (χ4v) is 4.91. The quantitative estimate of drug-likeness (QED) is 0.259. The summed E-state index contributed by atoms with van der Waals surface area (Å²) >= 11 is 5.36. The van der Waals surface area contributed by atoms with Crippen LogP contribution < -0.4 is 24.8 Å². The summed E-state index contributed by atoms with van der Waals surface area (Å²) in [6, 6.07) is 25.9. The van der Waals surface area contributed by atoms with Crippen molar-refractivity contribution in [2.24, 2.45) is 0 Å². The van der Waals surface area contributed by atoms with Crippen molar-refractivity contribution >= 4 is 44.8 Å². The highest BCUT2D eigenvalue weighted by molar-refractivity contribution is 7.92. The summed E-state index contributed by atoms with van der Waals surface area (Å²) in [6.07, 6.45) is 0. The number of rotatable bonds is 9. The molecule has 1 heterocycles. The zero-order valence-corrected chi connectivity index (χ0v) is 22.6. The van der Waals surface area contributed by atoms with Crippen molar-refractivity contribution in [2.75, 3.05) is 24.3 Å². The number of hydrogen-bond donors (Lipinski definition) is 3. The molecule has 0 spiro atoms. The number of benzene rings is 3. The molecule has 1 amide bonds. The average molecular weight is 564 g/mol. The fourth-order valence-electron chi connectivity index (χ4n) is 3.70. The zero-order valence-electron chi connectivity index (χ0n) is 21.0. The summed E-state index contributed by atoms with van der Waals surface area (Å²) in [7, 11) is -1.23. The van der Waals surface area contributed by atoms with Crippen LogP contribution in [-0.2, 0) is 14.8 Å². The number of carbonyl (C=O) groups excluding carboxylic acids is 1. The maximum atomic E-state index is 13.2. The van der Waals surface area contributed by atoms with E-state index in [4.69, 9.17) is 21.7 Å². The number of nitrogens with one attached hydrogen (secondary N) is 3. The van der Waals surface area contributed by atoms with E-state index in [0.717, 1.165) is 11.1 Å². The Hall–Kier alpha value is -4.55. The third kappa shape index (κ3) is 7.06. The van der Waals surface area contributed by atoms with E-state index < -0.39 is 15.9 Å². The number of nitrogens with zero attached hydrogens (tertiary/aromatic N) is 2. The molecule has 39 heavy (non-hydrogen) atoms. The standard InChI is InChI=1S/C27H25N5O5S2/c1-36-23-17-22(29-26(30-23)37-2)32-39(34,35)21-15-13-20(14-16-21)28-27(38)31-25(33)24(18-9-5-3-6-10-18)19-11-7-4-8-12-19/h3-17,24H,1-2H3,(H,29,30,32)(H2,28,31,33,38). The molecule has 0 aliphatic rings. The van der Waals surface area contributed by atoms with Gasteiger partial charge in [0, 0.05) is 11.8 Å². The van der Waals surface area contributed by atoms with Crippen LogP contribution in [0.1, 0.15) is 17.0 Å². The van der Waals surface area contributed by atoms with E-state index in [2.05, 4.69) is 25.3 Å². The Kier molecular flexibility index (Phi) is 8.69. The van der Waals surface area contributed by atoms with Crippen LogP contribution in [0.15, 0.2) is 95.9 Å². The van der Waals surface area contributed by atoms with Crippen LogP contribution in [0.5, 0.6) is 11.9 Å². The normalized spacial score (nSPS) is 10.9. The van der Waals surface area contributed by atoms with Gasteiger partial charge in [-0.1, -0.05) is 60.7 Å². The molecule has 0 saturated heterocycles. The first kappa shape index (κ1) is 27.5. The SMILES string of the molecule is COc1cc(NS(=O)(=O)c2ccc(NC(=S)NC(=O)C(c3ccccc3)c3ccccc3)cc2)nc(OC)n1. The Morgan fingerprint density at radius 2 is 1.44 bits per heavy atom. The maximum Gasteiger partial charge on any atom is 0.321 e. The minimum atomic E-state index is -3.98. The van der Waals surface area contributed by atoms with Gasteiger partial charge in [-0.15, -0.1) is 0 Å². The zero-order chi connectivity index (χ0) is 27.8. The summed E-state index contributed by atoms with van der Waals surface area (Å²) in [5.41, 5.74) is 2.13. The number of hydrogen-bond acceptors (Lipinski definition) is 8. The first-order chi connectivity index (χ1) is 18.8. The molecule has 0 unspecified atom stereocenters. The highest BCUT2D eigenvalue weighted by Crippen LogP contribution is 2.25. The van der Waals surface area contributed by atoms with E-state index in [1.165, 1.54) is 44.6 Å². The second-order valence-electron chi connectivity index (χ2n) is 8.11. The Labute approximate surface area is 231 Å². The van der Waals surface area contributed by atoms with Crippen LogP contribution in [0, 0.1) is 0 Å². The number of thiocarbonyl (C=S) groups is 1. The van der Waals surface area contributed by atoms with Crippen molar-refractivity contribution in [3.63, 3.8) is 0 Å². The van der Waals surface area contributed by atoms with E-state index in [-0.39, 0.29) is 33.6 Å². The predicted octanol–water partition coefficient (Wildman–Crippen LogP) is 3.94. The van der Waals surface area contributed by atoms with Gasteiger partial charge < -0.3 is 20.1 Å². The largest absolute Gasteiger partial charge is 0.481 e. The lowest BCUT2D eigenvalue weighted by atomic mass is 9.90. The fraction of sp³-hybridized carbons (Fsp3) is 0.111. The van der Waals surface area contributed by atoms with Gasteiger partial charge in [0.05, 0.1) is 25.0 Å². The highest BCUT2D eigenvalue weighted by atomic mass is 32.2. The molecule has 200 valence electrons. The number of carbonyl (C=O) groups is 1. The molecular formula is C27H25N5O5S2. The summed E-state index contributed by atoms with van der Waals surface area (Å²) in [6.45, 7) is 0. The second-order valence-corrected chi connectivity index (χ2v) is 10.2. The molecule has 3 aromatic carbocycles. The van der Waals surface area contributed by atoms with E-state index in [1.807, 2.05) is 60.7 Å². The van der Waals surface area contributed by atoms with Crippen molar-refractivity contribution < 1.29 is 22.7 Å². The number of ether oxygens (including phenoxy) is 2. The third-order valence-corrected chi connectivity index (χ3v) is 7.07. The van der Waals surface area contributed by atoms with E-state index in [1.54, 1.807) is 0 Å². The van der Waals surface area contributed by atoms with Crippen molar-refractivity contribution in [2.45, 2.75) is 10.8 Å². The minimum Gasteiger partial charge on any atom is -0.481 e. The van der Waals surface area contributed by atoms with E-state index >= 15 is 0 Å². The van der Waals surface area contributed by atoms with Crippen molar-refractivity contribution in [1.82, 2.24) is 15.3 Å². The molecular weight excluding hydrogens is 538 g/mol. The van der Waals surface area contributed by atoms with Crippen LogP contribution in [0.25, 0.3) is 0 Å². The van der Waals surface area contributed by atoms with Gasteiger partial charge in [0.25, 0.3) is 10.0 Å². The Morgan fingerprint density at radius 1 is 0.846 bits per heavy atom. The molecule has 0 fully saturated rings. The van der Waals surface area contributed by atoms with E-state index in [0.29, 0.717) is 5.69 Å². The van der Waals surface area contributed by atoms with Crippen LogP contribution in [0.3, 0.4) is 0 Å². The monoisotopic (exact) mass is 563 g/mol. The van der Waals surface area contributed by atoms with Gasteiger partial charge in [-0.2, -0.15) is 9.97 Å². The van der Waals surface area contributed by atoms with Gasteiger partial charge in [-0.05, 0) is 47.6 Å². The Morgan fingerprint density at radius 3 is 1.97 bits per heavy atom. The molecule has 3 N–H and O–H groups in total. The molecule has 0 aliphatic heterocycles. The smallest absolute Gasteiger partial charge is 0.321 e. The highest BCUT2D eigenvalue weighted by Gasteiger charge is 2.23. The molecule has 0 radical (unpaired) electrons. The predicted molar refractivity (Wildman–Crippen MR) is 151 cm³/mol. The van der Waals surface area contributed by atoms with Crippen molar-refractivity contribution in [3.05, 3.63) is 102 Å². The molecule has 0 atom stereocenters. The minimum absolute atomic E-state index is 0.0174. The van der Waals surface area contributed by atoms with Crippen molar-refractivity contribution in [3.8, 4) is 11.9 Å². The van der Waals surface area contributed by atoms with Crippen molar-refractivity contribution in [1.29, 1.82) is 0 Å². The average Bonchev–Trinajstić information content (AvgIpc) is 2.94. The van der Waals surface area contributed by atoms with Crippen LogP contribution in [0.4, 0.5) is 11.5 Å². The lowest BCUT2D eigenvalue weighted by Crippen LogP contribution is -2.37. The van der Waals surface area contributed by atoms with Gasteiger partial charge >= 0.3 is 6.01 Å². The van der Waals surface area contributed by atoms with Gasteiger partial charge in [0.15, 0.2) is 10.9 Å². The van der Waals surface area contributed by atoms with E-state index in [9.17, 15) is 13.2 Å². The summed E-state index contributed by atoms with van der Waals surface area (Å²) in [5.74, 6) is -0.749. The number of sulfonamides is 1. The number of aromatic nitrogens is 2. The molecule has 1 aromatic heterocycles. The number of amides is 1. The van der Waals surface area contributed by atoms with Gasteiger partial charge in [0.1, 0.15) is 0 Å². The molecule has 0 aliphatic carbocycles. The molecule has 12 heteroatoms. The maximum absolute atomic E-state index is 13.2. The Balaban J connectivity index is 1.44. The second kappa shape index (κ2) is 12.3. The van der Waals surface area contributed by atoms with Crippen LogP contribution in [0.2, 0.25) is 0 Å². The summed E-state index contributed by atoms with van der Waals surface area (Å²) in [4.78, 5) is 21.1. The lowest BCUT2D eigenvalue weighted by molar-refractivity contribution is -0.120.